The van der Waals surface area contributed by atoms with Crippen LogP contribution in [0.25, 0.3) is 0 Å². The molecule has 0 saturated heterocycles. The summed E-state index contributed by atoms with van der Waals surface area (Å²) >= 11 is 0. The van der Waals surface area contributed by atoms with Gasteiger partial charge in [0.2, 0.25) is 0 Å². The molecule has 1 aliphatic rings. The van der Waals surface area contributed by atoms with E-state index < -0.39 is 11.6 Å². The van der Waals surface area contributed by atoms with Crippen molar-refractivity contribution in [3.05, 3.63) is 0 Å². The first kappa shape index (κ1) is 16.2. The van der Waals surface area contributed by atoms with Crippen molar-refractivity contribution >= 4 is 11.7 Å². The van der Waals surface area contributed by atoms with Crippen molar-refractivity contribution in [2.75, 3.05) is 0 Å². The fourth-order valence-electron chi connectivity index (χ4n) is 2.73. The van der Waals surface area contributed by atoms with E-state index in [9.17, 15) is 14.7 Å². The van der Waals surface area contributed by atoms with E-state index in [2.05, 4.69) is 5.32 Å². The fraction of sp³-hybridized carbons (Fsp3) is 0.867. The van der Waals surface area contributed by atoms with Crippen LogP contribution in [0.4, 0.5) is 0 Å². The van der Waals surface area contributed by atoms with Gasteiger partial charge in [0.15, 0.2) is 5.78 Å². The number of nitrogens with one attached hydrogen (secondary N) is 1. The SMILES string of the molecule is CC(=O)C(NC(=O)C1(O)CCCCCC1)C(C)(C)C. The Balaban J connectivity index is 2.78. The standard InChI is InChI=1S/C15H27NO3/c1-11(17)12(14(2,3)4)16-13(18)15(19)9-7-5-6-8-10-15/h12,19H,5-10H2,1-4H3,(H,16,18). The lowest BCUT2D eigenvalue weighted by molar-refractivity contribution is -0.144. The van der Waals surface area contributed by atoms with Crippen LogP contribution >= 0.6 is 0 Å². The van der Waals surface area contributed by atoms with Gasteiger partial charge in [-0.05, 0) is 25.2 Å². The van der Waals surface area contributed by atoms with E-state index >= 15 is 0 Å². The summed E-state index contributed by atoms with van der Waals surface area (Å²) in [5.74, 6) is -0.456. The minimum atomic E-state index is -1.30. The number of amides is 1. The van der Waals surface area contributed by atoms with Gasteiger partial charge in [0.25, 0.3) is 5.91 Å². The van der Waals surface area contributed by atoms with Crippen LogP contribution in [0.3, 0.4) is 0 Å². The summed E-state index contributed by atoms with van der Waals surface area (Å²) in [6, 6.07) is -0.549. The number of hydrogen-bond acceptors (Lipinski definition) is 3. The molecule has 1 atom stereocenters. The van der Waals surface area contributed by atoms with Crippen LogP contribution in [-0.4, -0.2) is 28.4 Å². The first-order valence-corrected chi connectivity index (χ1v) is 7.20. The summed E-state index contributed by atoms with van der Waals surface area (Å²) in [4.78, 5) is 24.0. The van der Waals surface area contributed by atoms with Crippen LogP contribution < -0.4 is 5.32 Å². The highest BCUT2D eigenvalue weighted by Crippen LogP contribution is 2.28. The maximum atomic E-state index is 12.3. The molecule has 1 rings (SSSR count). The second-order valence-corrected chi connectivity index (χ2v) is 6.83. The Kier molecular flexibility index (Phi) is 5.13. The average Bonchev–Trinajstić information content (AvgIpc) is 2.49. The summed E-state index contributed by atoms with van der Waals surface area (Å²) in [5.41, 5.74) is -1.64. The Hall–Kier alpha value is -0.900. The number of hydrogen-bond donors (Lipinski definition) is 2. The van der Waals surface area contributed by atoms with Crippen LogP contribution in [0.2, 0.25) is 0 Å². The molecule has 0 aliphatic heterocycles. The molecular weight excluding hydrogens is 242 g/mol. The van der Waals surface area contributed by atoms with Crippen molar-refractivity contribution in [2.24, 2.45) is 5.41 Å². The summed E-state index contributed by atoms with van der Waals surface area (Å²) in [6.07, 6.45) is 4.84. The quantitative estimate of drug-likeness (QED) is 0.772. The fourth-order valence-corrected chi connectivity index (χ4v) is 2.73. The molecule has 0 aromatic rings. The molecule has 1 fully saturated rings. The molecule has 19 heavy (non-hydrogen) atoms. The Morgan fingerprint density at radius 2 is 1.58 bits per heavy atom. The summed E-state index contributed by atoms with van der Waals surface area (Å²) in [7, 11) is 0. The third-order valence-electron chi connectivity index (χ3n) is 3.90. The highest BCUT2D eigenvalue weighted by atomic mass is 16.3. The van der Waals surface area contributed by atoms with Crippen LogP contribution in [0.5, 0.6) is 0 Å². The van der Waals surface area contributed by atoms with E-state index in [0.29, 0.717) is 12.8 Å². The highest BCUT2D eigenvalue weighted by Gasteiger charge is 2.39. The molecule has 1 amide bonds. The van der Waals surface area contributed by atoms with E-state index in [1.807, 2.05) is 20.8 Å². The average molecular weight is 269 g/mol. The second-order valence-electron chi connectivity index (χ2n) is 6.83. The zero-order valence-corrected chi connectivity index (χ0v) is 12.6. The van der Waals surface area contributed by atoms with Gasteiger partial charge in [-0.25, -0.2) is 0 Å². The lowest BCUT2D eigenvalue weighted by Gasteiger charge is -2.33. The molecule has 0 heterocycles. The van der Waals surface area contributed by atoms with Gasteiger partial charge in [0.1, 0.15) is 5.60 Å². The molecule has 1 saturated carbocycles. The van der Waals surface area contributed by atoms with E-state index in [1.165, 1.54) is 6.92 Å². The zero-order valence-electron chi connectivity index (χ0n) is 12.6. The zero-order chi connectivity index (χ0) is 14.7. The van der Waals surface area contributed by atoms with Crippen molar-refractivity contribution in [3.8, 4) is 0 Å². The second kappa shape index (κ2) is 6.04. The van der Waals surface area contributed by atoms with Crippen molar-refractivity contribution < 1.29 is 14.7 Å². The number of carbonyl (C=O) groups excluding carboxylic acids is 2. The number of aliphatic hydroxyl groups is 1. The molecule has 110 valence electrons. The van der Waals surface area contributed by atoms with Crippen molar-refractivity contribution in [1.82, 2.24) is 5.32 Å². The molecule has 4 heteroatoms. The van der Waals surface area contributed by atoms with E-state index in [-0.39, 0.29) is 17.1 Å². The first-order chi connectivity index (χ1) is 8.67. The van der Waals surface area contributed by atoms with Crippen LogP contribution in [0, 0.1) is 5.41 Å². The van der Waals surface area contributed by atoms with Gasteiger partial charge >= 0.3 is 0 Å². The topological polar surface area (TPSA) is 66.4 Å². The summed E-state index contributed by atoms with van der Waals surface area (Å²) in [6.45, 7) is 7.22. The Morgan fingerprint density at radius 3 is 1.95 bits per heavy atom. The largest absolute Gasteiger partial charge is 0.380 e. The summed E-state index contributed by atoms with van der Waals surface area (Å²) < 4.78 is 0. The van der Waals surface area contributed by atoms with Crippen molar-refractivity contribution in [3.63, 3.8) is 0 Å². The predicted molar refractivity (Wildman–Crippen MR) is 74.7 cm³/mol. The third-order valence-corrected chi connectivity index (χ3v) is 3.90. The lowest BCUT2D eigenvalue weighted by atomic mass is 9.83. The molecule has 4 nitrogen and oxygen atoms in total. The van der Waals surface area contributed by atoms with E-state index in [0.717, 1.165) is 25.7 Å². The van der Waals surface area contributed by atoms with Gasteiger partial charge in [0, 0.05) is 0 Å². The lowest BCUT2D eigenvalue weighted by Crippen LogP contribution is -2.55. The molecule has 0 aromatic carbocycles. The molecule has 0 spiro atoms. The maximum Gasteiger partial charge on any atom is 0.252 e. The van der Waals surface area contributed by atoms with Crippen molar-refractivity contribution in [1.29, 1.82) is 0 Å². The third kappa shape index (κ3) is 4.30. The number of rotatable bonds is 3. The summed E-state index contributed by atoms with van der Waals surface area (Å²) in [5, 5.41) is 13.2. The minimum Gasteiger partial charge on any atom is -0.380 e. The monoisotopic (exact) mass is 269 g/mol. The highest BCUT2D eigenvalue weighted by molar-refractivity contribution is 5.91. The molecule has 0 aromatic heterocycles. The van der Waals surface area contributed by atoms with Gasteiger partial charge < -0.3 is 10.4 Å². The van der Waals surface area contributed by atoms with E-state index in [4.69, 9.17) is 0 Å². The van der Waals surface area contributed by atoms with Gasteiger partial charge in [-0.2, -0.15) is 0 Å². The number of Topliss-reactive ketones (excluding diaryl/α,β-unsaturated/α-hetero) is 1. The smallest absolute Gasteiger partial charge is 0.252 e. The van der Waals surface area contributed by atoms with Gasteiger partial charge in [-0.15, -0.1) is 0 Å². The van der Waals surface area contributed by atoms with Gasteiger partial charge in [0.05, 0.1) is 6.04 Å². The van der Waals surface area contributed by atoms with Crippen LogP contribution in [0.15, 0.2) is 0 Å². The molecule has 2 N–H and O–H groups in total. The molecule has 1 aliphatic carbocycles. The molecule has 0 radical (unpaired) electrons. The van der Waals surface area contributed by atoms with Crippen molar-refractivity contribution in [2.45, 2.75) is 77.9 Å². The number of ketones is 1. The van der Waals surface area contributed by atoms with Crippen LogP contribution in [0.1, 0.15) is 66.2 Å². The minimum absolute atomic E-state index is 0.0712. The maximum absolute atomic E-state index is 12.3. The van der Waals surface area contributed by atoms with Crippen LogP contribution in [-0.2, 0) is 9.59 Å². The molecular formula is C15H27NO3. The normalized spacial score (nSPS) is 21.3. The first-order valence-electron chi connectivity index (χ1n) is 7.20. The molecule has 0 bridgehead atoms. The van der Waals surface area contributed by atoms with Gasteiger partial charge in [-0.3, -0.25) is 9.59 Å². The van der Waals surface area contributed by atoms with Gasteiger partial charge in [-0.1, -0.05) is 46.5 Å². The Bertz CT molecular complexity index is 336. The predicted octanol–water partition coefficient (Wildman–Crippen LogP) is 2.19. The Labute approximate surface area is 116 Å². The van der Waals surface area contributed by atoms with E-state index in [1.54, 1.807) is 0 Å². The molecule has 1 unspecified atom stereocenters. The Morgan fingerprint density at radius 1 is 1.11 bits per heavy atom. The number of carbonyl (C=O) groups is 2.